The maximum absolute atomic E-state index is 15.0. The largest absolute Gasteiger partial charge is 0.376 e. The molecule has 0 saturated heterocycles. The summed E-state index contributed by atoms with van der Waals surface area (Å²) in [6, 6.07) is 4.34. The zero-order chi connectivity index (χ0) is 23.3. The monoisotopic (exact) mass is 443 g/mol. The molecule has 1 aromatic heterocycles. The van der Waals surface area contributed by atoms with Gasteiger partial charge in [0, 0.05) is 30.1 Å². The number of hydrogen-bond acceptors (Lipinski definition) is 4. The number of nitrogens with one attached hydrogen (secondary N) is 1. The number of nitriles is 1. The van der Waals surface area contributed by atoms with Crippen molar-refractivity contribution < 1.29 is 23.1 Å². The van der Waals surface area contributed by atoms with E-state index in [1.165, 1.54) is 17.0 Å². The second-order valence-corrected chi connectivity index (χ2v) is 8.23. The number of terminal acetylenes is 1. The quantitative estimate of drug-likeness (QED) is 0.663. The zero-order valence-electron chi connectivity index (χ0n) is 17.2. The van der Waals surface area contributed by atoms with Gasteiger partial charge in [-0.05, 0) is 31.5 Å². The van der Waals surface area contributed by atoms with Gasteiger partial charge in [0.1, 0.15) is 23.2 Å². The molecule has 2 amide bonds. The number of nitrogens with zero attached hydrogens (tertiary/aromatic N) is 4. The van der Waals surface area contributed by atoms with Crippen molar-refractivity contribution in [1.29, 1.82) is 5.26 Å². The summed E-state index contributed by atoms with van der Waals surface area (Å²) in [5, 5.41) is 26.3. The summed E-state index contributed by atoms with van der Waals surface area (Å²) in [7, 11) is 0. The molecule has 0 radical (unpaired) electrons. The number of hydrogen-bond donors (Lipinski definition) is 2. The van der Waals surface area contributed by atoms with Crippen LogP contribution in [-0.2, 0) is 25.4 Å². The van der Waals surface area contributed by atoms with E-state index in [4.69, 9.17) is 11.7 Å². The molecule has 3 heterocycles. The Labute approximate surface area is 182 Å². The van der Waals surface area contributed by atoms with Gasteiger partial charge in [-0.3, -0.25) is 4.68 Å². The molecule has 0 unspecified atom stereocenters. The Morgan fingerprint density at radius 2 is 2.16 bits per heavy atom. The van der Waals surface area contributed by atoms with Crippen molar-refractivity contribution in [2.75, 3.05) is 5.32 Å². The van der Waals surface area contributed by atoms with Gasteiger partial charge < -0.3 is 15.3 Å². The first kappa shape index (κ1) is 21.7. The number of aliphatic hydroxyl groups is 1. The van der Waals surface area contributed by atoms with Crippen molar-refractivity contribution in [2.24, 2.45) is 0 Å². The predicted octanol–water partition coefficient (Wildman–Crippen LogP) is 3.12. The maximum atomic E-state index is 15.0. The minimum absolute atomic E-state index is 0.117. The average molecular weight is 443 g/mol. The van der Waals surface area contributed by atoms with E-state index in [0.29, 0.717) is 5.69 Å². The lowest BCUT2D eigenvalue weighted by Gasteiger charge is -2.33. The molecular formula is C22H20F3N5O2. The summed E-state index contributed by atoms with van der Waals surface area (Å²) < 4.78 is 44.7. The van der Waals surface area contributed by atoms with E-state index in [1.54, 1.807) is 13.0 Å². The van der Waals surface area contributed by atoms with E-state index < -0.39 is 29.8 Å². The molecular weight excluding hydrogens is 423 g/mol. The van der Waals surface area contributed by atoms with Crippen molar-refractivity contribution >= 4 is 11.7 Å². The predicted molar refractivity (Wildman–Crippen MR) is 108 cm³/mol. The number of urea groups is 1. The SMILES string of the molecule is C#C[C@@]1(O)CCC(F)(F)c2c3c(nn2C1)C[C@@H](C)N(C(=O)Nc1ccc(F)c(C#N)c1)C3. The molecule has 0 fully saturated rings. The smallest absolute Gasteiger partial charge is 0.322 e. The highest BCUT2D eigenvalue weighted by Crippen LogP contribution is 2.43. The second kappa shape index (κ2) is 7.57. The van der Waals surface area contributed by atoms with Gasteiger partial charge in [-0.1, -0.05) is 5.92 Å². The molecule has 1 aromatic carbocycles. The lowest BCUT2D eigenvalue weighted by molar-refractivity contribution is -0.0301. The van der Waals surface area contributed by atoms with E-state index in [-0.39, 0.29) is 54.5 Å². The molecule has 10 heteroatoms. The fourth-order valence-electron chi connectivity index (χ4n) is 4.20. The number of carbonyl (C=O) groups is 1. The number of halogens is 3. The van der Waals surface area contributed by atoms with Crippen LogP contribution in [0.4, 0.5) is 23.7 Å². The summed E-state index contributed by atoms with van der Waals surface area (Å²) >= 11 is 0. The standard InChI is InChI=1S/C22H20F3N5O2/c1-3-21(32)6-7-22(24,25)19-16-11-29(13(2)8-18(16)28-30(19)12-21)20(31)27-15-4-5-17(23)14(9-15)10-26/h1,4-5,9,13,32H,6-8,11-12H2,2H3,(H,27,31)/t13-,21-/m1/s1. The van der Waals surface area contributed by atoms with Crippen LogP contribution in [0.1, 0.15) is 42.3 Å². The van der Waals surface area contributed by atoms with Crippen LogP contribution in [0.5, 0.6) is 0 Å². The number of fused-ring (bicyclic) bond motifs is 3. The van der Waals surface area contributed by atoms with Crippen LogP contribution in [0.3, 0.4) is 0 Å². The van der Waals surface area contributed by atoms with E-state index in [0.717, 1.165) is 10.7 Å². The number of amides is 2. The van der Waals surface area contributed by atoms with Crippen LogP contribution in [0.2, 0.25) is 0 Å². The summed E-state index contributed by atoms with van der Waals surface area (Å²) in [5.74, 6) is -1.79. The third-order valence-corrected chi connectivity index (χ3v) is 5.96. The normalized spacial score (nSPS) is 23.8. The Hall–Kier alpha value is -3.50. The molecule has 2 aromatic rings. The van der Waals surface area contributed by atoms with Crippen LogP contribution in [0, 0.1) is 29.5 Å². The third kappa shape index (κ3) is 3.67. The van der Waals surface area contributed by atoms with Crippen LogP contribution in [-0.4, -0.2) is 37.5 Å². The van der Waals surface area contributed by atoms with Gasteiger partial charge in [0.2, 0.25) is 0 Å². The van der Waals surface area contributed by atoms with E-state index >= 15 is 8.78 Å². The van der Waals surface area contributed by atoms with Gasteiger partial charge in [0.25, 0.3) is 5.92 Å². The Morgan fingerprint density at radius 1 is 1.41 bits per heavy atom. The summed E-state index contributed by atoms with van der Waals surface area (Å²) in [6.07, 6.45) is 4.69. The van der Waals surface area contributed by atoms with Crippen LogP contribution in [0.15, 0.2) is 18.2 Å². The van der Waals surface area contributed by atoms with Crippen LogP contribution < -0.4 is 5.32 Å². The van der Waals surface area contributed by atoms with Crippen molar-refractivity contribution in [1.82, 2.24) is 14.7 Å². The van der Waals surface area contributed by atoms with Gasteiger partial charge in [-0.25, -0.2) is 9.18 Å². The molecule has 2 atom stereocenters. The first-order chi connectivity index (χ1) is 15.1. The molecule has 0 spiro atoms. The molecule has 4 rings (SSSR count). The van der Waals surface area contributed by atoms with E-state index in [9.17, 15) is 14.3 Å². The Bertz CT molecular complexity index is 1180. The van der Waals surface area contributed by atoms with Gasteiger partial charge >= 0.3 is 6.03 Å². The minimum atomic E-state index is -3.27. The number of benzene rings is 1. The lowest BCUT2D eigenvalue weighted by atomic mass is 9.94. The van der Waals surface area contributed by atoms with E-state index in [2.05, 4.69) is 16.3 Å². The number of alkyl halides is 2. The van der Waals surface area contributed by atoms with Crippen molar-refractivity contribution in [3.8, 4) is 18.4 Å². The number of rotatable bonds is 1. The Kier molecular flexibility index (Phi) is 5.14. The highest BCUT2D eigenvalue weighted by Gasteiger charge is 2.47. The highest BCUT2D eigenvalue weighted by atomic mass is 19.3. The fourth-order valence-corrected chi connectivity index (χ4v) is 4.20. The number of carbonyl (C=O) groups excluding carboxylic acids is 1. The van der Waals surface area contributed by atoms with Gasteiger partial charge in [0.05, 0.1) is 24.3 Å². The zero-order valence-corrected chi connectivity index (χ0v) is 17.2. The summed E-state index contributed by atoms with van der Waals surface area (Å²) in [6.45, 7) is 1.39. The number of aromatic nitrogens is 2. The molecule has 2 aliphatic rings. The lowest BCUT2D eigenvalue weighted by Crippen LogP contribution is -2.45. The molecule has 166 valence electrons. The molecule has 32 heavy (non-hydrogen) atoms. The Balaban J connectivity index is 1.65. The van der Waals surface area contributed by atoms with Crippen molar-refractivity contribution in [3.63, 3.8) is 0 Å². The fraction of sp³-hybridized carbons (Fsp3) is 0.409. The van der Waals surface area contributed by atoms with Crippen molar-refractivity contribution in [3.05, 3.63) is 46.5 Å². The Morgan fingerprint density at radius 3 is 2.84 bits per heavy atom. The molecule has 0 aliphatic carbocycles. The molecule has 2 aliphatic heterocycles. The molecule has 0 saturated carbocycles. The van der Waals surface area contributed by atoms with Gasteiger partial charge in [-0.15, -0.1) is 6.42 Å². The average Bonchev–Trinajstić information content (AvgIpc) is 3.05. The first-order valence-corrected chi connectivity index (χ1v) is 10.0. The minimum Gasteiger partial charge on any atom is -0.376 e. The second-order valence-electron chi connectivity index (χ2n) is 8.23. The first-order valence-electron chi connectivity index (χ1n) is 10.0. The van der Waals surface area contributed by atoms with Gasteiger partial charge in [0.15, 0.2) is 0 Å². The molecule has 2 N–H and O–H groups in total. The summed E-state index contributed by atoms with van der Waals surface area (Å²) in [4.78, 5) is 14.3. The molecule has 7 nitrogen and oxygen atoms in total. The topological polar surface area (TPSA) is 94.2 Å². The highest BCUT2D eigenvalue weighted by molar-refractivity contribution is 5.90. The van der Waals surface area contributed by atoms with Crippen LogP contribution >= 0.6 is 0 Å². The van der Waals surface area contributed by atoms with E-state index in [1.807, 2.05) is 0 Å². The molecule has 0 bridgehead atoms. The van der Waals surface area contributed by atoms with Crippen LogP contribution in [0.25, 0.3) is 0 Å². The number of anilines is 1. The van der Waals surface area contributed by atoms with Crippen molar-refractivity contribution in [2.45, 2.75) is 56.8 Å². The van der Waals surface area contributed by atoms with Gasteiger partial charge in [-0.2, -0.15) is 19.1 Å². The summed E-state index contributed by atoms with van der Waals surface area (Å²) in [5.41, 5.74) is -1.40. The third-order valence-electron chi connectivity index (χ3n) is 5.96. The maximum Gasteiger partial charge on any atom is 0.322 e.